The molecule has 3 heterocycles. The molecule has 256 valence electrons. The van der Waals surface area contributed by atoms with Crippen molar-refractivity contribution in [2.45, 2.75) is 0 Å². The Labute approximate surface area is 321 Å². The SMILES string of the molecule is c1ccc(-c2cccc3c2c2cc(-c4ccc5c(c4)c4ccc6ccccc6c4n5-c4cccc5sc6ccccc6c45)ccc2n3-c2ccccc2)cc1. The zero-order chi connectivity index (χ0) is 36.0. The van der Waals surface area contributed by atoms with Crippen molar-refractivity contribution in [3.63, 3.8) is 0 Å². The summed E-state index contributed by atoms with van der Waals surface area (Å²) in [6.07, 6.45) is 0. The van der Waals surface area contributed by atoms with Crippen molar-refractivity contribution in [3.8, 4) is 33.6 Å². The number of para-hydroxylation sites is 1. The topological polar surface area (TPSA) is 9.86 Å². The van der Waals surface area contributed by atoms with Gasteiger partial charge in [-0.05, 0) is 88.3 Å². The third-order valence-corrected chi connectivity index (χ3v) is 12.6. The number of hydrogen-bond acceptors (Lipinski definition) is 1. The van der Waals surface area contributed by atoms with E-state index in [4.69, 9.17) is 0 Å². The molecule has 0 aliphatic rings. The maximum atomic E-state index is 2.53. The predicted octanol–water partition coefficient (Wildman–Crippen LogP) is 14.7. The van der Waals surface area contributed by atoms with Gasteiger partial charge >= 0.3 is 0 Å². The molecule has 12 aromatic rings. The van der Waals surface area contributed by atoms with E-state index in [1.165, 1.54) is 102 Å². The fourth-order valence-electron chi connectivity index (χ4n) is 9.12. The molecule has 3 heteroatoms. The van der Waals surface area contributed by atoms with Crippen LogP contribution < -0.4 is 0 Å². The normalized spacial score (nSPS) is 12.0. The van der Waals surface area contributed by atoms with Crippen LogP contribution in [0.5, 0.6) is 0 Å². The van der Waals surface area contributed by atoms with Gasteiger partial charge in [0.2, 0.25) is 0 Å². The van der Waals surface area contributed by atoms with Crippen LogP contribution in [0.3, 0.4) is 0 Å². The molecular weight excluding hydrogens is 685 g/mol. The van der Waals surface area contributed by atoms with Crippen molar-refractivity contribution in [1.29, 1.82) is 0 Å². The van der Waals surface area contributed by atoms with Gasteiger partial charge in [-0.2, -0.15) is 0 Å². The van der Waals surface area contributed by atoms with Crippen LogP contribution in [0.1, 0.15) is 0 Å². The van der Waals surface area contributed by atoms with Crippen molar-refractivity contribution in [3.05, 3.63) is 194 Å². The second kappa shape index (κ2) is 11.8. The number of thiophene rings is 1. The summed E-state index contributed by atoms with van der Waals surface area (Å²) in [6.45, 7) is 0. The molecule has 0 bridgehead atoms. The van der Waals surface area contributed by atoms with E-state index in [9.17, 15) is 0 Å². The Hall–Kier alpha value is -6.94. The molecule has 0 aliphatic carbocycles. The van der Waals surface area contributed by atoms with Gasteiger partial charge in [-0.1, -0.05) is 133 Å². The van der Waals surface area contributed by atoms with Gasteiger partial charge in [0.25, 0.3) is 0 Å². The van der Waals surface area contributed by atoms with Crippen LogP contribution in [-0.4, -0.2) is 9.13 Å². The van der Waals surface area contributed by atoms with Crippen molar-refractivity contribution < 1.29 is 0 Å². The van der Waals surface area contributed by atoms with Gasteiger partial charge in [0.1, 0.15) is 0 Å². The first kappa shape index (κ1) is 30.5. The minimum Gasteiger partial charge on any atom is -0.309 e. The van der Waals surface area contributed by atoms with E-state index in [1.807, 2.05) is 11.3 Å². The molecule has 12 rings (SSSR count). The van der Waals surface area contributed by atoms with E-state index in [0.29, 0.717) is 0 Å². The number of hydrogen-bond donors (Lipinski definition) is 0. The lowest BCUT2D eigenvalue weighted by Crippen LogP contribution is -1.95. The second-order valence-electron chi connectivity index (χ2n) is 14.5. The van der Waals surface area contributed by atoms with Gasteiger partial charge in [-0.15, -0.1) is 11.3 Å². The average molecular weight is 717 g/mol. The predicted molar refractivity (Wildman–Crippen MR) is 236 cm³/mol. The van der Waals surface area contributed by atoms with Crippen LogP contribution >= 0.6 is 11.3 Å². The molecule has 0 unspecified atom stereocenters. The van der Waals surface area contributed by atoms with Gasteiger partial charge < -0.3 is 9.13 Å². The summed E-state index contributed by atoms with van der Waals surface area (Å²) >= 11 is 1.87. The Morgan fingerprint density at radius 3 is 1.85 bits per heavy atom. The van der Waals surface area contributed by atoms with Crippen molar-refractivity contribution in [1.82, 2.24) is 9.13 Å². The Morgan fingerprint density at radius 1 is 0.345 bits per heavy atom. The van der Waals surface area contributed by atoms with Gasteiger partial charge in [-0.25, -0.2) is 0 Å². The molecule has 0 atom stereocenters. The van der Waals surface area contributed by atoms with Gasteiger partial charge in [-0.3, -0.25) is 0 Å². The van der Waals surface area contributed by atoms with E-state index < -0.39 is 0 Å². The summed E-state index contributed by atoms with van der Waals surface area (Å²) in [5.74, 6) is 0. The maximum absolute atomic E-state index is 2.53. The molecule has 0 spiro atoms. The summed E-state index contributed by atoms with van der Waals surface area (Å²) in [6, 6.07) is 71.4. The summed E-state index contributed by atoms with van der Waals surface area (Å²) in [5, 5.41) is 10.2. The Balaban J connectivity index is 1.14. The maximum Gasteiger partial charge on any atom is 0.0619 e. The molecule has 9 aromatic carbocycles. The highest BCUT2D eigenvalue weighted by Crippen LogP contribution is 2.44. The van der Waals surface area contributed by atoms with Crippen molar-refractivity contribution >= 4 is 85.9 Å². The fraction of sp³-hybridized carbons (Fsp3) is 0. The number of benzene rings is 9. The number of rotatable bonds is 4. The van der Waals surface area contributed by atoms with E-state index in [2.05, 4.69) is 203 Å². The molecule has 0 amide bonds. The second-order valence-corrected chi connectivity index (χ2v) is 15.6. The van der Waals surface area contributed by atoms with Crippen LogP contribution in [0.4, 0.5) is 0 Å². The first-order valence-corrected chi connectivity index (χ1v) is 19.7. The van der Waals surface area contributed by atoms with Crippen LogP contribution in [0.15, 0.2) is 194 Å². The lowest BCUT2D eigenvalue weighted by molar-refractivity contribution is 1.18. The smallest absolute Gasteiger partial charge is 0.0619 e. The molecular formula is C52H32N2S. The highest BCUT2D eigenvalue weighted by atomic mass is 32.1. The number of fused-ring (bicyclic) bond motifs is 11. The van der Waals surface area contributed by atoms with E-state index >= 15 is 0 Å². The zero-order valence-electron chi connectivity index (χ0n) is 29.8. The van der Waals surface area contributed by atoms with Crippen molar-refractivity contribution in [2.24, 2.45) is 0 Å². The molecule has 0 N–H and O–H groups in total. The average Bonchev–Trinajstić information content (AvgIpc) is 3.92. The summed E-state index contributed by atoms with van der Waals surface area (Å²) < 4.78 is 7.57. The summed E-state index contributed by atoms with van der Waals surface area (Å²) in [4.78, 5) is 0. The summed E-state index contributed by atoms with van der Waals surface area (Å²) in [7, 11) is 0. The molecule has 3 aromatic heterocycles. The highest BCUT2D eigenvalue weighted by molar-refractivity contribution is 7.25. The largest absolute Gasteiger partial charge is 0.309 e. The highest BCUT2D eigenvalue weighted by Gasteiger charge is 2.21. The molecule has 0 saturated heterocycles. The first-order valence-electron chi connectivity index (χ1n) is 18.9. The zero-order valence-corrected chi connectivity index (χ0v) is 30.6. The lowest BCUT2D eigenvalue weighted by Gasteiger charge is -2.12. The minimum absolute atomic E-state index is 1.16. The van der Waals surface area contributed by atoms with E-state index in [1.54, 1.807) is 0 Å². The van der Waals surface area contributed by atoms with E-state index in [-0.39, 0.29) is 0 Å². The molecule has 2 nitrogen and oxygen atoms in total. The van der Waals surface area contributed by atoms with Gasteiger partial charge in [0.05, 0.1) is 27.8 Å². The quantitative estimate of drug-likeness (QED) is 0.172. The molecule has 55 heavy (non-hydrogen) atoms. The summed E-state index contributed by atoms with van der Waals surface area (Å²) in [5.41, 5.74) is 12.1. The molecule has 0 radical (unpaired) electrons. The van der Waals surface area contributed by atoms with Crippen molar-refractivity contribution in [2.75, 3.05) is 0 Å². The van der Waals surface area contributed by atoms with Crippen LogP contribution in [0.25, 0.3) is 108 Å². The standard InChI is InChI=1S/C52H32N2S/c1-3-13-33(14-4-1)38-20-11-21-46-50(38)43-32-36(27-30-45(43)53(46)37-16-5-2-6-17-37)35-26-29-44-42(31-35)40-28-25-34-15-7-8-18-39(34)52(40)54(44)47-22-12-24-49-51(47)41-19-9-10-23-48(41)55-49/h1-32H. The third kappa shape index (κ3) is 4.48. The fourth-order valence-corrected chi connectivity index (χ4v) is 10.2. The van der Waals surface area contributed by atoms with Gasteiger partial charge in [0, 0.05) is 52.8 Å². The van der Waals surface area contributed by atoms with Crippen LogP contribution in [0.2, 0.25) is 0 Å². The Kier molecular flexibility index (Phi) is 6.54. The monoisotopic (exact) mass is 716 g/mol. The Morgan fingerprint density at radius 2 is 1.02 bits per heavy atom. The Bertz CT molecular complexity index is 3470. The van der Waals surface area contributed by atoms with Crippen LogP contribution in [0, 0.1) is 0 Å². The molecule has 0 saturated carbocycles. The first-order chi connectivity index (χ1) is 27.3. The minimum atomic E-state index is 1.16. The van der Waals surface area contributed by atoms with E-state index in [0.717, 1.165) is 5.69 Å². The number of aromatic nitrogens is 2. The lowest BCUT2D eigenvalue weighted by atomic mass is 9.97. The third-order valence-electron chi connectivity index (χ3n) is 11.5. The van der Waals surface area contributed by atoms with Crippen LogP contribution in [-0.2, 0) is 0 Å². The number of nitrogens with zero attached hydrogens (tertiary/aromatic N) is 2. The van der Waals surface area contributed by atoms with Gasteiger partial charge in [0.15, 0.2) is 0 Å². The molecule has 0 fully saturated rings. The molecule has 0 aliphatic heterocycles.